The topological polar surface area (TPSA) is 92.3 Å². The summed E-state index contributed by atoms with van der Waals surface area (Å²) in [5.41, 5.74) is 0.608. The van der Waals surface area contributed by atoms with Gasteiger partial charge in [0.05, 0.1) is 22.5 Å². The first kappa shape index (κ1) is 22.4. The van der Waals surface area contributed by atoms with Crippen LogP contribution in [0.1, 0.15) is 16.7 Å². The summed E-state index contributed by atoms with van der Waals surface area (Å²) in [4.78, 5) is 16.3. The lowest BCUT2D eigenvalue weighted by atomic mass is 10.1. The van der Waals surface area contributed by atoms with Crippen molar-refractivity contribution in [1.29, 1.82) is 5.26 Å². The van der Waals surface area contributed by atoms with Crippen LogP contribution in [0.4, 0.5) is 18.0 Å². The Balaban J connectivity index is 1.63. The van der Waals surface area contributed by atoms with Gasteiger partial charge in [0.1, 0.15) is 17.7 Å². The molecular weight excluding hydrogens is 455 g/mol. The van der Waals surface area contributed by atoms with Gasteiger partial charge in [-0.3, -0.25) is 14.5 Å². The number of benzene rings is 2. The number of rotatable bonds is 5. The zero-order chi connectivity index (χ0) is 23.6. The Kier molecular flexibility index (Phi) is 6.11. The minimum Gasteiger partial charge on any atom is -0.479 e. The van der Waals surface area contributed by atoms with Gasteiger partial charge in [-0.1, -0.05) is 12.1 Å². The predicted octanol–water partition coefficient (Wildman–Crippen LogP) is 4.83. The number of hydrogen-bond donors (Lipinski definition) is 1. The van der Waals surface area contributed by atoms with E-state index in [2.05, 4.69) is 15.4 Å². The Bertz CT molecular complexity index is 1340. The summed E-state index contributed by atoms with van der Waals surface area (Å²) >= 11 is 1.04. The molecule has 11 heteroatoms. The molecule has 3 aromatic rings. The van der Waals surface area contributed by atoms with E-state index < -0.39 is 11.7 Å². The highest BCUT2D eigenvalue weighted by Crippen LogP contribution is 2.35. The molecule has 1 aliphatic heterocycles. The van der Waals surface area contributed by atoms with Crippen LogP contribution in [0.25, 0.3) is 17.0 Å². The van der Waals surface area contributed by atoms with Gasteiger partial charge < -0.3 is 10.1 Å². The molecule has 4 rings (SSSR count). The standard InChI is InChI=1S/C22H16F3N5O2S/c1-27-20-19(33-21(31)28-20)9-13-2-5-18-15(8-13)12-30(29-18)11-14-3-4-16(32-7-6-26)10-17(14)22(23,24)25/h2-5,8-10,12H,7,11H2,1H3,(H,27,28,31)/b19-9-. The van der Waals surface area contributed by atoms with Crippen molar-refractivity contribution in [2.75, 3.05) is 13.7 Å². The summed E-state index contributed by atoms with van der Waals surface area (Å²) in [5.74, 6) is 0.464. The van der Waals surface area contributed by atoms with E-state index in [0.717, 1.165) is 28.8 Å². The van der Waals surface area contributed by atoms with E-state index in [1.54, 1.807) is 25.4 Å². The molecule has 0 aliphatic carbocycles. The Morgan fingerprint density at radius 2 is 2.12 bits per heavy atom. The fourth-order valence-corrected chi connectivity index (χ4v) is 4.13. The number of hydrogen-bond acceptors (Lipinski definition) is 6. The van der Waals surface area contributed by atoms with Crippen LogP contribution < -0.4 is 10.1 Å². The van der Waals surface area contributed by atoms with Gasteiger partial charge in [-0.05, 0) is 53.2 Å². The number of thioether (sulfide) groups is 1. The van der Waals surface area contributed by atoms with Gasteiger partial charge in [0, 0.05) is 18.6 Å². The maximum absolute atomic E-state index is 13.6. The van der Waals surface area contributed by atoms with Gasteiger partial charge in [-0.25, -0.2) is 0 Å². The third-order valence-corrected chi connectivity index (χ3v) is 5.59. The highest BCUT2D eigenvalue weighted by molar-refractivity contribution is 8.18. The third-order valence-electron chi connectivity index (χ3n) is 4.78. The lowest BCUT2D eigenvalue weighted by molar-refractivity contribution is -0.138. The van der Waals surface area contributed by atoms with Crippen molar-refractivity contribution in [3.05, 3.63) is 64.2 Å². The zero-order valence-electron chi connectivity index (χ0n) is 17.2. The van der Waals surface area contributed by atoms with Crippen LogP contribution in [0.3, 0.4) is 0 Å². The Morgan fingerprint density at radius 3 is 2.85 bits per heavy atom. The minimum absolute atomic E-state index is 0.0244. The molecule has 2 heterocycles. The summed E-state index contributed by atoms with van der Waals surface area (Å²) in [6.07, 6.45) is -1.11. The second-order valence-corrected chi connectivity index (χ2v) is 8.02. The van der Waals surface area contributed by atoms with Crippen molar-refractivity contribution in [3.63, 3.8) is 0 Å². The van der Waals surface area contributed by atoms with Crippen molar-refractivity contribution in [3.8, 4) is 11.8 Å². The second-order valence-electron chi connectivity index (χ2n) is 7.00. The van der Waals surface area contributed by atoms with Crippen molar-refractivity contribution >= 4 is 39.8 Å². The van der Waals surface area contributed by atoms with Crippen LogP contribution in [0.15, 0.2) is 52.5 Å². The molecule has 1 saturated heterocycles. The molecule has 0 bridgehead atoms. The molecule has 1 aromatic heterocycles. The Morgan fingerprint density at radius 1 is 1.30 bits per heavy atom. The molecule has 0 radical (unpaired) electrons. The van der Waals surface area contributed by atoms with Crippen molar-refractivity contribution < 1.29 is 22.7 Å². The first-order chi connectivity index (χ1) is 15.8. The summed E-state index contributed by atoms with van der Waals surface area (Å²) < 4.78 is 47.2. The molecule has 1 aliphatic rings. The van der Waals surface area contributed by atoms with Crippen LogP contribution in [0.2, 0.25) is 0 Å². The smallest absolute Gasteiger partial charge is 0.416 e. The van der Waals surface area contributed by atoms with E-state index in [1.807, 2.05) is 18.2 Å². The molecule has 0 saturated carbocycles. The molecule has 0 spiro atoms. The minimum atomic E-state index is -4.59. The van der Waals surface area contributed by atoms with Gasteiger partial charge in [0.15, 0.2) is 6.61 Å². The lowest BCUT2D eigenvalue weighted by Crippen LogP contribution is -2.18. The lowest BCUT2D eigenvalue weighted by Gasteiger charge is -2.14. The second kappa shape index (κ2) is 8.99. The molecule has 168 valence electrons. The highest BCUT2D eigenvalue weighted by atomic mass is 32.2. The number of ether oxygens (including phenoxy) is 1. The van der Waals surface area contributed by atoms with Crippen LogP contribution in [0.5, 0.6) is 5.75 Å². The third kappa shape index (κ3) is 5.01. The number of carbonyl (C=O) groups is 1. The van der Waals surface area contributed by atoms with E-state index in [9.17, 15) is 18.0 Å². The maximum atomic E-state index is 13.6. The van der Waals surface area contributed by atoms with Gasteiger partial charge in [0.2, 0.25) is 0 Å². The van der Waals surface area contributed by atoms with Crippen LogP contribution in [-0.2, 0) is 12.7 Å². The molecule has 2 aromatic carbocycles. The number of amidine groups is 1. The molecule has 33 heavy (non-hydrogen) atoms. The quantitative estimate of drug-likeness (QED) is 0.575. The summed E-state index contributed by atoms with van der Waals surface area (Å²) in [7, 11) is 1.58. The monoisotopic (exact) mass is 471 g/mol. The van der Waals surface area contributed by atoms with Gasteiger partial charge in [0.25, 0.3) is 5.24 Å². The number of nitrogens with one attached hydrogen (secondary N) is 1. The number of amides is 1. The van der Waals surface area contributed by atoms with Crippen LogP contribution in [0, 0.1) is 11.3 Å². The number of alkyl halides is 3. The number of carbonyl (C=O) groups excluding carboxylic acids is 1. The first-order valence-electron chi connectivity index (χ1n) is 9.61. The molecule has 0 unspecified atom stereocenters. The van der Waals surface area contributed by atoms with E-state index in [-0.39, 0.29) is 29.7 Å². The number of nitriles is 1. The number of fused-ring (bicyclic) bond motifs is 1. The first-order valence-corrected chi connectivity index (χ1v) is 10.4. The van der Waals surface area contributed by atoms with E-state index in [1.165, 1.54) is 16.8 Å². The predicted molar refractivity (Wildman–Crippen MR) is 119 cm³/mol. The molecule has 7 nitrogen and oxygen atoms in total. The number of aromatic nitrogens is 2. The Labute approximate surface area is 190 Å². The van der Waals surface area contributed by atoms with Crippen molar-refractivity contribution in [2.45, 2.75) is 12.7 Å². The molecular formula is C22H16F3N5O2S. The normalized spacial score (nSPS) is 16.4. The van der Waals surface area contributed by atoms with Crippen LogP contribution >= 0.6 is 11.8 Å². The average molecular weight is 471 g/mol. The van der Waals surface area contributed by atoms with Gasteiger partial charge in [-0.2, -0.15) is 23.5 Å². The fraction of sp³-hybridized carbons (Fsp3) is 0.182. The molecule has 0 atom stereocenters. The summed E-state index contributed by atoms with van der Waals surface area (Å²) in [6.45, 7) is -0.437. The molecule has 1 N–H and O–H groups in total. The molecule has 1 fully saturated rings. The van der Waals surface area contributed by atoms with Crippen LogP contribution in [-0.4, -0.2) is 34.5 Å². The maximum Gasteiger partial charge on any atom is 0.416 e. The fourth-order valence-electron chi connectivity index (χ4n) is 3.35. The number of nitrogens with zero attached hydrogens (tertiary/aromatic N) is 4. The zero-order valence-corrected chi connectivity index (χ0v) is 18.0. The summed E-state index contributed by atoms with van der Waals surface area (Å²) in [5, 5.41) is 16.1. The van der Waals surface area contributed by atoms with E-state index in [0.29, 0.717) is 16.3 Å². The van der Waals surface area contributed by atoms with E-state index in [4.69, 9.17) is 10.00 Å². The Hall–Kier alpha value is -3.78. The molecule has 1 amide bonds. The van der Waals surface area contributed by atoms with Gasteiger partial charge in [-0.15, -0.1) is 0 Å². The largest absolute Gasteiger partial charge is 0.479 e. The summed E-state index contributed by atoms with van der Waals surface area (Å²) in [6, 6.07) is 10.8. The number of aliphatic imine (C=N–C) groups is 1. The van der Waals surface area contributed by atoms with Crippen molar-refractivity contribution in [1.82, 2.24) is 15.1 Å². The SMILES string of the molecule is CN=C1NC(=O)S/C1=C\c1ccc2nn(Cc3ccc(OCC#N)cc3C(F)(F)F)cc2c1. The highest BCUT2D eigenvalue weighted by Gasteiger charge is 2.34. The van der Waals surface area contributed by atoms with Gasteiger partial charge >= 0.3 is 6.18 Å². The van der Waals surface area contributed by atoms with E-state index >= 15 is 0 Å². The average Bonchev–Trinajstić information content (AvgIpc) is 3.33. The van der Waals surface area contributed by atoms with Crippen molar-refractivity contribution in [2.24, 2.45) is 4.99 Å². The number of halogens is 3.